The van der Waals surface area contributed by atoms with Crippen LogP contribution < -0.4 is 5.32 Å². The molecule has 0 aromatic heterocycles. The Morgan fingerprint density at radius 2 is 1.90 bits per heavy atom. The molecule has 1 atom stereocenters. The Labute approximate surface area is 117 Å². The molecule has 1 fully saturated rings. The molecule has 0 amide bonds. The van der Waals surface area contributed by atoms with Crippen LogP contribution in [0, 0.1) is 11.6 Å². The van der Waals surface area contributed by atoms with E-state index in [2.05, 4.69) is 10.4 Å². The molecule has 1 aromatic rings. The summed E-state index contributed by atoms with van der Waals surface area (Å²) in [6, 6.07) is 2.35. The highest BCUT2D eigenvalue weighted by molar-refractivity contribution is 5.79. The molecule has 1 aromatic carbocycles. The maximum absolute atomic E-state index is 13.5. The summed E-state index contributed by atoms with van der Waals surface area (Å²) in [5.41, 5.74) is 3.55. The number of nitrogens with zero attached hydrogens (tertiary/aromatic N) is 2. The molecule has 1 saturated carbocycles. The summed E-state index contributed by atoms with van der Waals surface area (Å²) in [5, 5.41) is 9.60. The zero-order valence-corrected chi connectivity index (χ0v) is 11.8. The molecule has 0 saturated heterocycles. The number of halogens is 2. The third-order valence-electron chi connectivity index (χ3n) is 3.53. The number of hydrogen-bond donors (Lipinski definition) is 1. The van der Waals surface area contributed by atoms with Crippen LogP contribution in [0.1, 0.15) is 45.2 Å². The van der Waals surface area contributed by atoms with Gasteiger partial charge in [0.05, 0.1) is 6.04 Å². The van der Waals surface area contributed by atoms with Gasteiger partial charge in [-0.05, 0) is 45.3 Å². The summed E-state index contributed by atoms with van der Waals surface area (Å²) in [6.45, 7) is 5.79. The highest BCUT2D eigenvalue weighted by Gasteiger charge is 2.32. The number of allylic oxidation sites excluding steroid dienone is 1. The van der Waals surface area contributed by atoms with Crippen LogP contribution in [0.4, 0.5) is 14.5 Å². The number of nitrogens with one attached hydrogen (secondary N) is 1. The highest BCUT2D eigenvalue weighted by atomic mass is 19.2. The monoisotopic (exact) mass is 277 g/mol. The van der Waals surface area contributed by atoms with E-state index in [-0.39, 0.29) is 6.04 Å². The average molecular weight is 277 g/mol. The van der Waals surface area contributed by atoms with Crippen molar-refractivity contribution in [2.24, 2.45) is 5.10 Å². The molecule has 3 nitrogen and oxygen atoms in total. The Kier molecular flexibility index (Phi) is 3.00. The van der Waals surface area contributed by atoms with Crippen molar-refractivity contribution in [3.05, 3.63) is 40.7 Å². The average Bonchev–Trinajstić information content (AvgIpc) is 3.19. The van der Waals surface area contributed by atoms with Crippen molar-refractivity contribution in [2.75, 3.05) is 5.32 Å². The molecule has 1 heterocycles. The van der Waals surface area contributed by atoms with Crippen LogP contribution in [0.5, 0.6) is 0 Å². The zero-order chi connectivity index (χ0) is 14.4. The van der Waals surface area contributed by atoms with Crippen molar-refractivity contribution < 1.29 is 8.78 Å². The molecule has 0 radical (unpaired) electrons. The van der Waals surface area contributed by atoms with Crippen LogP contribution in [0.2, 0.25) is 0 Å². The van der Waals surface area contributed by atoms with Gasteiger partial charge in [-0.15, -0.1) is 0 Å². The number of fused-ring (bicyclic) bond motifs is 1. The zero-order valence-electron chi connectivity index (χ0n) is 11.8. The van der Waals surface area contributed by atoms with Gasteiger partial charge in [0.2, 0.25) is 0 Å². The fraction of sp³-hybridized carbons (Fsp3) is 0.400. The maximum Gasteiger partial charge on any atom is 0.160 e. The van der Waals surface area contributed by atoms with Crippen molar-refractivity contribution >= 4 is 11.4 Å². The van der Waals surface area contributed by atoms with E-state index in [9.17, 15) is 8.78 Å². The van der Waals surface area contributed by atoms with Gasteiger partial charge in [0.15, 0.2) is 11.6 Å². The maximum atomic E-state index is 13.5. The minimum absolute atomic E-state index is 0.126. The van der Waals surface area contributed by atoms with E-state index in [1.165, 1.54) is 17.7 Å². The van der Waals surface area contributed by atoms with Crippen molar-refractivity contribution in [3.8, 4) is 0 Å². The van der Waals surface area contributed by atoms with E-state index in [0.29, 0.717) is 5.69 Å². The minimum atomic E-state index is -0.827. The summed E-state index contributed by atoms with van der Waals surface area (Å²) in [5.74, 6) is -0.735. The smallest absolute Gasteiger partial charge is 0.160 e. The van der Waals surface area contributed by atoms with Crippen LogP contribution in [-0.4, -0.2) is 10.7 Å². The molecule has 3 rings (SSSR count). The summed E-state index contributed by atoms with van der Waals surface area (Å²) < 4.78 is 26.9. The SMILES string of the molecule is CC(C)=NN1C(=C2CC2)Nc2cc(F)c(F)cc2C1C. The molecular formula is C15H17F2N3. The Balaban J connectivity index is 2.12. The third-order valence-corrected chi connectivity index (χ3v) is 3.53. The second-order valence-corrected chi connectivity index (χ2v) is 5.50. The first-order valence-corrected chi connectivity index (χ1v) is 6.76. The fourth-order valence-electron chi connectivity index (χ4n) is 2.43. The quantitative estimate of drug-likeness (QED) is 0.781. The van der Waals surface area contributed by atoms with E-state index in [1.54, 1.807) is 0 Å². The summed E-state index contributed by atoms with van der Waals surface area (Å²) in [7, 11) is 0. The van der Waals surface area contributed by atoms with Crippen molar-refractivity contribution in [1.82, 2.24) is 5.01 Å². The standard InChI is InChI=1S/C15H17F2N3/c1-8(2)19-20-9(3)11-6-12(16)13(17)7-14(11)18-15(20)10-4-5-10/h6-7,9,18H,4-5H2,1-3H3. The molecule has 1 aliphatic carbocycles. The first-order chi connectivity index (χ1) is 9.47. The Morgan fingerprint density at radius 1 is 1.25 bits per heavy atom. The third kappa shape index (κ3) is 2.17. The van der Waals surface area contributed by atoms with Crippen molar-refractivity contribution in [2.45, 2.75) is 39.7 Å². The molecule has 1 unspecified atom stereocenters. The van der Waals surface area contributed by atoms with Gasteiger partial charge in [-0.3, -0.25) is 0 Å². The van der Waals surface area contributed by atoms with Gasteiger partial charge in [-0.25, -0.2) is 13.8 Å². The predicted molar refractivity (Wildman–Crippen MR) is 75.3 cm³/mol. The second kappa shape index (κ2) is 4.58. The van der Waals surface area contributed by atoms with Crippen LogP contribution >= 0.6 is 0 Å². The molecule has 0 spiro atoms. The van der Waals surface area contributed by atoms with Gasteiger partial charge >= 0.3 is 0 Å². The normalized spacial score (nSPS) is 20.4. The molecule has 5 heteroatoms. The van der Waals surface area contributed by atoms with Crippen molar-refractivity contribution in [3.63, 3.8) is 0 Å². The lowest BCUT2D eigenvalue weighted by Gasteiger charge is -2.36. The van der Waals surface area contributed by atoms with E-state index in [4.69, 9.17) is 0 Å². The Bertz CT molecular complexity index is 624. The first kappa shape index (κ1) is 13.1. The summed E-state index contributed by atoms with van der Waals surface area (Å²) in [4.78, 5) is 0. The van der Waals surface area contributed by atoms with Crippen LogP contribution in [0.25, 0.3) is 0 Å². The van der Waals surface area contributed by atoms with Gasteiger partial charge in [0.1, 0.15) is 5.82 Å². The van der Waals surface area contributed by atoms with Crippen molar-refractivity contribution in [1.29, 1.82) is 0 Å². The predicted octanol–water partition coefficient (Wildman–Crippen LogP) is 4.15. The molecular weight excluding hydrogens is 260 g/mol. The topological polar surface area (TPSA) is 27.6 Å². The summed E-state index contributed by atoms with van der Waals surface area (Å²) >= 11 is 0. The minimum Gasteiger partial charge on any atom is -0.340 e. The molecule has 20 heavy (non-hydrogen) atoms. The van der Waals surface area contributed by atoms with Gasteiger partial charge in [0.25, 0.3) is 0 Å². The van der Waals surface area contributed by atoms with Gasteiger partial charge in [0, 0.05) is 23.0 Å². The second-order valence-electron chi connectivity index (χ2n) is 5.50. The van der Waals surface area contributed by atoms with Gasteiger partial charge in [-0.1, -0.05) is 0 Å². The molecule has 1 aliphatic heterocycles. The fourth-order valence-corrected chi connectivity index (χ4v) is 2.43. The lowest BCUT2D eigenvalue weighted by atomic mass is 10.0. The van der Waals surface area contributed by atoms with E-state index < -0.39 is 11.6 Å². The number of hydrazone groups is 1. The number of hydrogen-bond acceptors (Lipinski definition) is 3. The first-order valence-electron chi connectivity index (χ1n) is 6.76. The van der Waals surface area contributed by atoms with E-state index >= 15 is 0 Å². The molecule has 2 aliphatic rings. The van der Waals surface area contributed by atoms with Crippen LogP contribution in [0.15, 0.2) is 28.6 Å². The molecule has 106 valence electrons. The lowest BCUT2D eigenvalue weighted by Crippen LogP contribution is -2.32. The Morgan fingerprint density at radius 3 is 2.50 bits per heavy atom. The number of anilines is 1. The van der Waals surface area contributed by atoms with E-state index in [0.717, 1.165) is 29.9 Å². The van der Waals surface area contributed by atoms with E-state index in [1.807, 2.05) is 25.8 Å². The number of benzene rings is 1. The van der Waals surface area contributed by atoms with Gasteiger partial charge < -0.3 is 5.32 Å². The van der Waals surface area contributed by atoms with Gasteiger partial charge in [-0.2, -0.15) is 5.10 Å². The highest BCUT2D eigenvalue weighted by Crippen LogP contribution is 2.43. The molecule has 1 N–H and O–H groups in total. The van der Waals surface area contributed by atoms with Crippen LogP contribution in [-0.2, 0) is 0 Å². The van der Waals surface area contributed by atoms with Crippen LogP contribution in [0.3, 0.4) is 0 Å². The molecule has 0 bridgehead atoms. The summed E-state index contributed by atoms with van der Waals surface area (Å²) in [6.07, 6.45) is 2.06. The number of rotatable bonds is 1. The lowest BCUT2D eigenvalue weighted by molar-refractivity contribution is 0.277. The Hall–Kier alpha value is -1.91. The largest absolute Gasteiger partial charge is 0.340 e.